The minimum absolute atomic E-state index is 0.0205. The van der Waals surface area contributed by atoms with Crippen LogP contribution >= 0.6 is 0 Å². The number of hydrogen-bond acceptors (Lipinski definition) is 4. The highest BCUT2D eigenvalue weighted by atomic mass is 16.5. The second-order valence-electron chi connectivity index (χ2n) is 6.20. The lowest BCUT2D eigenvalue weighted by Gasteiger charge is -2.32. The van der Waals surface area contributed by atoms with E-state index in [2.05, 4.69) is 10.3 Å². The molecule has 1 aromatic heterocycles. The molecule has 0 spiro atoms. The molecular formula is C19H25N3O3. The summed E-state index contributed by atoms with van der Waals surface area (Å²) in [6.07, 6.45) is 5.00. The Morgan fingerprint density at radius 2 is 2.24 bits per heavy atom. The maximum absolute atomic E-state index is 12.4. The number of imidazole rings is 1. The normalized spacial score (nSPS) is 20.4. The number of aromatic nitrogens is 2. The quantitative estimate of drug-likeness (QED) is 0.834. The van der Waals surface area contributed by atoms with Gasteiger partial charge in [0.1, 0.15) is 18.5 Å². The van der Waals surface area contributed by atoms with Gasteiger partial charge < -0.3 is 19.4 Å². The Kier molecular flexibility index (Phi) is 6.19. The summed E-state index contributed by atoms with van der Waals surface area (Å²) < 4.78 is 13.4. The smallest absolute Gasteiger partial charge is 0.240 e. The molecule has 1 amide bonds. The zero-order valence-electron chi connectivity index (χ0n) is 14.6. The van der Waals surface area contributed by atoms with Gasteiger partial charge in [0.2, 0.25) is 5.91 Å². The number of nitrogens with zero attached hydrogens (tertiary/aromatic N) is 2. The van der Waals surface area contributed by atoms with Gasteiger partial charge in [-0.15, -0.1) is 0 Å². The van der Waals surface area contributed by atoms with E-state index in [-0.39, 0.29) is 24.6 Å². The fourth-order valence-electron chi connectivity index (χ4n) is 3.02. The summed E-state index contributed by atoms with van der Waals surface area (Å²) in [6, 6.07) is 10.00. The second-order valence-corrected chi connectivity index (χ2v) is 6.20. The topological polar surface area (TPSA) is 65.4 Å². The van der Waals surface area contributed by atoms with Gasteiger partial charge >= 0.3 is 0 Å². The number of hydrogen-bond donors (Lipinski definition) is 1. The predicted molar refractivity (Wildman–Crippen MR) is 94.0 cm³/mol. The van der Waals surface area contributed by atoms with Crippen LogP contribution in [0.1, 0.15) is 24.7 Å². The van der Waals surface area contributed by atoms with Crippen molar-refractivity contribution in [3.8, 4) is 0 Å². The summed E-state index contributed by atoms with van der Waals surface area (Å²) in [6.45, 7) is 3.97. The van der Waals surface area contributed by atoms with Crippen LogP contribution in [0, 0.1) is 0 Å². The van der Waals surface area contributed by atoms with Crippen molar-refractivity contribution in [2.24, 2.45) is 0 Å². The first-order valence-corrected chi connectivity index (χ1v) is 8.79. The molecule has 0 radical (unpaired) electrons. The van der Waals surface area contributed by atoms with Crippen LogP contribution in [0.5, 0.6) is 0 Å². The molecular weight excluding hydrogens is 318 g/mol. The molecule has 25 heavy (non-hydrogen) atoms. The van der Waals surface area contributed by atoms with Gasteiger partial charge in [-0.3, -0.25) is 4.79 Å². The third kappa shape index (κ3) is 4.90. The molecule has 0 saturated carbocycles. The number of nitrogens with one attached hydrogen (secondary N) is 1. The summed E-state index contributed by atoms with van der Waals surface area (Å²) in [4.78, 5) is 16.7. The van der Waals surface area contributed by atoms with E-state index in [0.717, 1.165) is 24.2 Å². The molecule has 0 aliphatic carbocycles. The van der Waals surface area contributed by atoms with E-state index in [1.807, 2.05) is 48.0 Å². The molecule has 2 atom stereocenters. The molecule has 0 bridgehead atoms. The number of aryl methyl sites for hydroxylation is 1. The van der Waals surface area contributed by atoms with E-state index in [9.17, 15) is 4.79 Å². The van der Waals surface area contributed by atoms with Gasteiger partial charge in [-0.1, -0.05) is 37.3 Å². The number of ether oxygens (including phenoxy) is 2. The van der Waals surface area contributed by atoms with Crippen molar-refractivity contribution < 1.29 is 14.3 Å². The number of benzene rings is 1. The summed E-state index contributed by atoms with van der Waals surface area (Å²) in [5, 5.41) is 3.10. The molecule has 3 rings (SSSR count). The van der Waals surface area contributed by atoms with Crippen molar-refractivity contribution in [1.82, 2.24) is 14.9 Å². The maximum Gasteiger partial charge on any atom is 0.240 e. The highest BCUT2D eigenvalue weighted by Gasteiger charge is 2.28. The molecule has 1 fully saturated rings. The first-order valence-electron chi connectivity index (χ1n) is 8.79. The van der Waals surface area contributed by atoms with E-state index in [1.165, 1.54) is 0 Å². The summed E-state index contributed by atoms with van der Waals surface area (Å²) in [7, 11) is 0. The van der Waals surface area contributed by atoms with E-state index in [1.54, 1.807) is 6.20 Å². The Morgan fingerprint density at radius 3 is 3.04 bits per heavy atom. The average Bonchev–Trinajstić information content (AvgIpc) is 3.09. The Bertz CT molecular complexity index is 672. The minimum Gasteiger partial charge on any atom is -0.379 e. The predicted octanol–water partition coefficient (Wildman–Crippen LogP) is 1.94. The van der Waals surface area contributed by atoms with Gasteiger partial charge in [0.25, 0.3) is 0 Å². The van der Waals surface area contributed by atoms with Gasteiger partial charge in [-0.2, -0.15) is 0 Å². The lowest BCUT2D eigenvalue weighted by atomic mass is 10.1. The fraction of sp³-hybridized carbons (Fsp3) is 0.474. The molecule has 1 aliphatic heterocycles. The monoisotopic (exact) mass is 343 g/mol. The van der Waals surface area contributed by atoms with Gasteiger partial charge in [-0.05, 0) is 12.0 Å². The molecule has 1 aromatic carbocycles. The van der Waals surface area contributed by atoms with Crippen LogP contribution in [0.15, 0.2) is 42.7 Å². The van der Waals surface area contributed by atoms with Crippen LogP contribution in [0.2, 0.25) is 0 Å². The third-order valence-electron chi connectivity index (χ3n) is 4.39. The number of carbonyl (C=O) groups excluding carboxylic acids is 1. The Labute approximate surface area is 148 Å². The van der Waals surface area contributed by atoms with Gasteiger partial charge in [-0.25, -0.2) is 4.98 Å². The van der Waals surface area contributed by atoms with Crippen LogP contribution in [0.25, 0.3) is 0 Å². The van der Waals surface area contributed by atoms with Crippen LogP contribution < -0.4 is 5.32 Å². The first-order chi connectivity index (χ1) is 12.3. The highest BCUT2D eigenvalue weighted by Crippen LogP contribution is 2.14. The molecule has 134 valence electrons. The molecule has 1 aliphatic rings. The Hall–Kier alpha value is -2.18. The molecule has 0 unspecified atom stereocenters. The number of amides is 1. The summed E-state index contributed by atoms with van der Waals surface area (Å²) in [5.41, 5.74) is 1.11. The van der Waals surface area contributed by atoms with E-state index < -0.39 is 0 Å². The minimum atomic E-state index is -0.133. The maximum atomic E-state index is 12.4. The van der Waals surface area contributed by atoms with E-state index >= 15 is 0 Å². The number of carbonyl (C=O) groups is 1. The van der Waals surface area contributed by atoms with Gasteiger partial charge in [0.05, 0.1) is 19.3 Å². The molecule has 2 aromatic rings. The molecule has 1 N–H and O–H groups in total. The second kappa shape index (κ2) is 8.78. The van der Waals surface area contributed by atoms with Crippen LogP contribution in [0.4, 0.5) is 0 Å². The van der Waals surface area contributed by atoms with Crippen LogP contribution in [0.3, 0.4) is 0 Å². The average molecular weight is 343 g/mol. The molecule has 6 nitrogen and oxygen atoms in total. The highest BCUT2D eigenvalue weighted by molar-refractivity contribution is 5.76. The first kappa shape index (κ1) is 17.6. The largest absolute Gasteiger partial charge is 0.379 e. The SMILES string of the molecule is CCc1nccn1CC(=O)N[C@@H]1CCOC[C@H]1OCc1ccccc1. The van der Waals surface area contributed by atoms with Crippen LogP contribution in [-0.2, 0) is 33.8 Å². The van der Waals surface area contributed by atoms with Crippen molar-refractivity contribution >= 4 is 5.91 Å². The zero-order valence-corrected chi connectivity index (χ0v) is 14.6. The molecule has 2 heterocycles. The Morgan fingerprint density at radius 1 is 1.40 bits per heavy atom. The van der Waals surface area contributed by atoms with Crippen molar-refractivity contribution in [3.05, 3.63) is 54.1 Å². The van der Waals surface area contributed by atoms with Crippen LogP contribution in [-0.4, -0.2) is 40.8 Å². The zero-order chi connectivity index (χ0) is 17.5. The lowest BCUT2D eigenvalue weighted by Crippen LogP contribution is -2.50. The van der Waals surface area contributed by atoms with Gasteiger partial charge in [0, 0.05) is 25.4 Å². The third-order valence-corrected chi connectivity index (χ3v) is 4.39. The van der Waals surface area contributed by atoms with Gasteiger partial charge in [0.15, 0.2) is 0 Å². The lowest BCUT2D eigenvalue weighted by molar-refractivity contribution is -0.127. The van der Waals surface area contributed by atoms with E-state index in [4.69, 9.17) is 9.47 Å². The van der Waals surface area contributed by atoms with Crippen molar-refractivity contribution in [1.29, 1.82) is 0 Å². The van der Waals surface area contributed by atoms with Crippen molar-refractivity contribution in [2.45, 2.75) is 45.1 Å². The van der Waals surface area contributed by atoms with Crippen molar-refractivity contribution in [3.63, 3.8) is 0 Å². The van der Waals surface area contributed by atoms with Crippen molar-refractivity contribution in [2.75, 3.05) is 13.2 Å². The molecule has 6 heteroatoms. The Balaban J connectivity index is 1.54. The fourth-order valence-corrected chi connectivity index (χ4v) is 3.02. The summed E-state index contributed by atoms with van der Waals surface area (Å²) >= 11 is 0. The summed E-state index contributed by atoms with van der Waals surface area (Å²) in [5.74, 6) is 0.895. The van der Waals surface area contributed by atoms with E-state index in [0.29, 0.717) is 19.8 Å². The standard InChI is InChI=1S/C19H25N3O3/c1-2-18-20-9-10-22(18)12-19(23)21-16-8-11-24-14-17(16)25-13-15-6-4-3-5-7-15/h3-7,9-10,16-17H,2,8,11-14H2,1H3,(H,21,23)/t16-,17-/m1/s1. The molecule has 1 saturated heterocycles. The number of rotatable bonds is 7.